The Bertz CT molecular complexity index is 590. The van der Waals surface area contributed by atoms with Gasteiger partial charge in [-0.2, -0.15) is 0 Å². The number of benzene rings is 2. The number of fused-ring (bicyclic) bond motifs is 1. The van der Waals surface area contributed by atoms with Crippen molar-refractivity contribution < 1.29 is 8.78 Å². The van der Waals surface area contributed by atoms with E-state index in [0.29, 0.717) is 17.4 Å². The van der Waals surface area contributed by atoms with Crippen LogP contribution in [0.3, 0.4) is 0 Å². The van der Waals surface area contributed by atoms with Gasteiger partial charge in [0, 0.05) is 34.9 Å². The molecule has 1 aliphatic heterocycles. The first-order valence-corrected chi connectivity index (χ1v) is 7.49. The van der Waals surface area contributed by atoms with Gasteiger partial charge in [0.1, 0.15) is 11.6 Å². The summed E-state index contributed by atoms with van der Waals surface area (Å²) < 4.78 is 26.3. The summed E-state index contributed by atoms with van der Waals surface area (Å²) in [6, 6.07) is 12.1. The van der Waals surface area contributed by atoms with E-state index >= 15 is 0 Å². The minimum absolute atomic E-state index is 0.430. The highest BCUT2D eigenvalue weighted by atomic mass is 32.2. The van der Waals surface area contributed by atoms with E-state index in [9.17, 15) is 8.78 Å². The van der Waals surface area contributed by atoms with Crippen LogP contribution in [0.5, 0.6) is 0 Å². The van der Waals surface area contributed by atoms with Gasteiger partial charge in [-0.1, -0.05) is 24.3 Å². The van der Waals surface area contributed by atoms with Gasteiger partial charge in [-0.05, 0) is 24.1 Å². The van der Waals surface area contributed by atoms with Gasteiger partial charge in [-0.15, -0.1) is 11.8 Å². The SMILES string of the molecule is Fc1ccc(CNCC2Cc3ccccc3S2)c(F)c1. The lowest BCUT2D eigenvalue weighted by Crippen LogP contribution is -2.24. The van der Waals surface area contributed by atoms with Crippen LogP contribution in [0.25, 0.3) is 0 Å². The number of hydrogen-bond acceptors (Lipinski definition) is 2. The molecule has 1 N–H and O–H groups in total. The minimum atomic E-state index is -0.534. The van der Waals surface area contributed by atoms with Crippen LogP contribution in [0.15, 0.2) is 47.4 Å². The van der Waals surface area contributed by atoms with Crippen LogP contribution in [0.4, 0.5) is 8.78 Å². The van der Waals surface area contributed by atoms with Gasteiger partial charge in [0.05, 0.1) is 0 Å². The van der Waals surface area contributed by atoms with Crippen LogP contribution in [0, 0.1) is 11.6 Å². The first-order chi connectivity index (χ1) is 9.72. The summed E-state index contributed by atoms with van der Waals surface area (Å²) >= 11 is 1.86. The second kappa shape index (κ2) is 5.94. The molecule has 0 saturated heterocycles. The maximum atomic E-state index is 13.5. The molecule has 2 aromatic rings. The molecule has 4 heteroatoms. The molecular weight excluding hydrogens is 276 g/mol. The van der Waals surface area contributed by atoms with Crippen molar-refractivity contribution in [3.63, 3.8) is 0 Å². The number of nitrogens with one attached hydrogen (secondary N) is 1. The smallest absolute Gasteiger partial charge is 0.130 e. The summed E-state index contributed by atoms with van der Waals surface area (Å²) in [5.74, 6) is -1.02. The molecule has 3 rings (SSSR count). The summed E-state index contributed by atoms with van der Waals surface area (Å²) in [5, 5.41) is 3.74. The largest absolute Gasteiger partial charge is 0.311 e. The third kappa shape index (κ3) is 3.02. The lowest BCUT2D eigenvalue weighted by molar-refractivity contribution is 0.559. The molecule has 20 heavy (non-hydrogen) atoms. The molecule has 0 saturated carbocycles. The molecule has 0 bridgehead atoms. The van der Waals surface area contributed by atoms with Crippen molar-refractivity contribution in [2.45, 2.75) is 23.1 Å². The summed E-state index contributed by atoms with van der Waals surface area (Å²) in [6.07, 6.45) is 1.04. The van der Waals surface area contributed by atoms with Crippen molar-refractivity contribution in [1.82, 2.24) is 5.32 Å². The molecule has 0 spiro atoms. The molecule has 1 atom stereocenters. The van der Waals surface area contributed by atoms with Gasteiger partial charge in [0.2, 0.25) is 0 Å². The molecule has 2 aromatic carbocycles. The van der Waals surface area contributed by atoms with Crippen molar-refractivity contribution in [1.29, 1.82) is 0 Å². The molecule has 1 heterocycles. The summed E-state index contributed by atoms with van der Waals surface area (Å²) in [7, 11) is 0. The molecule has 0 amide bonds. The predicted molar refractivity (Wildman–Crippen MR) is 77.9 cm³/mol. The first kappa shape index (κ1) is 13.6. The molecule has 1 nitrogen and oxygen atoms in total. The minimum Gasteiger partial charge on any atom is -0.311 e. The second-order valence-corrected chi connectivity index (χ2v) is 6.26. The predicted octanol–water partition coefficient (Wildman–Crippen LogP) is 3.77. The topological polar surface area (TPSA) is 12.0 Å². The van der Waals surface area contributed by atoms with Crippen LogP contribution in [-0.4, -0.2) is 11.8 Å². The van der Waals surface area contributed by atoms with Crippen LogP contribution in [-0.2, 0) is 13.0 Å². The lowest BCUT2D eigenvalue weighted by Gasteiger charge is -2.10. The molecule has 0 radical (unpaired) electrons. The van der Waals surface area contributed by atoms with E-state index in [2.05, 4.69) is 29.6 Å². The maximum Gasteiger partial charge on any atom is 0.130 e. The van der Waals surface area contributed by atoms with Crippen LogP contribution >= 0.6 is 11.8 Å². The Morgan fingerprint density at radius 1 is 1.15 bits per heavy atom. The zero-order valence-electron chi connectivity index (χ0n) is 10.9. The second-order valence-electron chi connectivity index (χ2n) is 4.92. The zero-order valence-corrected chi connectivity index (χ0v) is 11.7. The highest BCUT2D eigenvalue weighted by Crippen LogP contribution is 2.36. The third-order valence-corrected chi connectivity index (χ3v) is 4.74. The lowest BCUT2D eigenvalue weighted by atomic mass is 10.1. The fraction of sp³-hybridized carbons (Fsp3) is 0.250. The molecule has 0 aliphatic carbocycles. The monoisotopic (exact) mass is 291 g/mol. The van der Waals surface area contributed by atoms with E-state index in [0.717, 1.165) is 19.0 Å². The number of rotatable bonds is 4. The fourth-order valence-electron chi connectivity index (χ4n) is 2.40. The Labute approximate surface area is 121 Å². The van der Waals surface area contributed by atoms with Crippen LogP contribution < -0.4 is 5.32 Å². The Morgan fingerprint density at radius 3 is 2.80 bits per heavy atom. The Morgan fingerprint density at radius 2 is 2.00 bits per heavy atom. The van der Waals surface area contributed by atoms with E-state index in [1.807, 2.05) is 11.8 Å². The molecule has 1 unspecified atom stereocenters. The van der Waals surface area contributed by atoms with E-state index in [1.165, 1.54) is 22.6 Å². The zero-order chi connectivity index (χ0) is 13.9. The van der Waals surface area contributed by atoms with Gasteiger partial charge >= 0.3 is 0 Å². The highest BCUT2D eigenvalue weighted by Gasteiger charge is 2.21. The number of halogens is 2. The van der Waals surface area contributed by atoms with Crippen LogP contribution in [0.1, 0.15) is 11.1 Å². The van der Waals surface area contributed by atoms with Crippen molar-refractivity contribution in [2.75, 3.05) is 6.54 Å². The number of thioether (sulfide) groups is 1. The van der Waals surface area contributed by atoms with Crippen molar-refractivity contribution in [2.24, 2.45) is 0 Å². The third-order valence-electron chi connectivity index (χ3n) is 3.42. The van der Waals surface area contributed by atoms with Crippen molar-refractivity contribution >= 4 is 11.8 Å². The van der Waals surface area contributed by atoms with E-state index < -0.39 is 11.6 Å². The summed E-state index contributed by atoms with van der Waals surface area (Å²) in [4.78, 5) is 1.34. The molecule has 0 aromatic heterocycles. The van der Waals surface area contributed by atoms with E-state index in [4.69, 9.17) is 0 Å². The van der Waals surface area contributed by atoms with Gasteiger partial charge in [-0.25, -0.2) is 8.78 Å². The average Bonchev–Trinajstić information content (AvgIpc) is 2.84. The molecular formula is C16H15F2NS. The fourth-order valence-corrected chi connectivity index (χ4v) is 3.68. The van der Waals surface area contributed by atoms with Crippen molar-refractivity contribution in [3.05, 3.63) is 65.2 Å². The van der Waals surface area contributed by atoms with Gasteiger partial charge in [0.25, 0.3) is 0 Å². The first-order valence-electron chi connectivity index (χ1n) is 6.61. The van der Waals surface area contributed by atoms with Crippen molar-refractivity contribution in [3.8, 4) is 0 Å². The van der Waals surface area contributed by atoms with Gasteiger partial charge in [0.15, 0.2) is 0 Å². The van der Waals surface area contributed by atoms with Crippen LogP contribution in [0.2, 0.25) is 0 Å². The Balaban J connectivity index is 1.52. The molecule has 104 valence electrons. The summed E-state index contributed by atoms with van der Waals surface area (Å²) in [6.45, 7) is 1.25. The molecule has 1 aliphatic rings. The van der Waals surface area contributed by atoms with E-state index in [1.54, 1.807) is 0 Å². The summed E-state index contributed by atoms with van der Waals surface area (Å²) in [5.41, 5.74) is 1.89. The standard InChI is InChI=1S/C16H15F2NS/c17-13-6-5-12(15(18)8-13)9-19-10-14-7-11-3-1-2-4-16(11)20-14/h1-6,8,14,19H,7,9-10H2. The van der Waals surface area contributed by atoms with Gasteiger partial charge in [-0.3, -0.25) is 0 Å². The highest BCUT2D eigenvalue weighted by molar-refractivity contribution is 8.00. The number of hydrogen-bond donors (Lipinski definition) is 1. The maximum absolute atomic E-state index is 13.5. The Hall–Kier alpha value is -1.39. The average molecular weight is 291 g/mol. The van der Waals surface area contributed by atoms with Gasteiger partial charge < -0.3 is 5.32 Å². The Kier molecular flexibility index (Phi) is 4.03. The molecule has 0 fully saturated rings. The normalized spacial score (nSPS) is 17.2. The van der Waals surface area contributed by atoms with E-state index in [-0.39, 0.29) is 0 Å². The quantitative estimate of drug-likeness (QED) is 0.920.